The summed E-state index contributed by atoms with van der Waals surface area (Å²) in [6, 6.07) is 10.9. The third-order valence-electron chi connectivity index (χ3n) is 3.36. The van der Waals surface area contributed by atoms with Gasteiger partial charge in [-0.1, -0.05) is 22.0 Å². The quantitative estimate of drug-likeness (QED) is 0.751. The number of methoxy groups -OCH3 is 1. The minimum absolute atomic E-state index is 0.0241. The van der Waals surface area contributed by atoms with Crippen molar-refractivity contribution in [3.63, 3.8) is 0 Å². The van der Waals surface area contributed by atoms with Crippen LogP contribution in [0.2, 0.25) is 0 Å². The van der Waals surface area contributed by atoms with E-state index in [0.29, 0.717) is 12.0 Å². The molecule has 0 bridgehead atoms. The van der Waals surface area contributed by atoms with E-state index >= 15 is 0 Å². The van der Waals surface area contributed by atoms with Gasteiger partial charge in [0.1, 0.15) is 11.6 Å². The monoisotopic (exact) mass is 415 g/mol. The van der Waals surface area contributed by atoms with Crippen molar-refractivity contribution >= 4 is 31.9 Å². The summed E-state index contributed by atoms with van der Waals surface area (Å²) >= 11 is 6.87. The summed E-state index contributed by atoms with van der Waals surface area (Å²) in [5, 5.41) is 3.23. The van der Waals surface area contributed by atoms with E-state index in [1.54, 1.807) is 13.2 Å². The Bertz CT molecular complexity index is 634. The maximum Gasteiger partial charge on any atom is 0.133 e. The molecule has 0 aliphatic heterocycles. The maximum absolute atomic E-state index is 13.9. The Balaban J connectivity index is 2.27. The number of hydrogen-bond acceptors (Lipinski definition) is 2. The molecule has 0 radical (unpaired) electrons. The first-order valence-corrected chi connectivity index (χ1v) is 8.08. The average Bonchev–Trinajstić information content (AvgIpc) is 2.48. The van der Waals surface area contributed by atoms with Crippen LogP contribution >= 0.6 is 31.9 Å². The average molecular weight is 417 g/mol. The first kappa shape index (κ1) is 16.5. The highest BCUT2D eigenvalue weighted by Gasteiger charge is 2.14. The zero-order valence-electron chi connectivity index (χ0n) is 11.8. The SMILES string of the molecule is CNC(Cc1cc(Br)ccc1F)c1ccc(OC)c(Br)c1. The molecule has 2 nitrogen and oxygen atoms in total. The van der Waals surface area contributed by atoms with Gasteiger partial charge in [-0.25, -0.2) is 4.39 Å². The van der Waals surface area contributed by atoms with Crippen LogP contribution in [0, 0.1) is 5.82 Å². The van der Waals surface area contributed by atoms with Crippen LogP contribution in [0.4, 0.5) is 4.39 Å². The molecule has 0 heterocycles. The highest BCUT2D eigenvalue weighted by atomic mass is 79.9. The van der Waals surface area contributed by atoms with E-state index in [0.717, 1.165) is 20.3 Å². The van der Waals surface area contributed by atoms with Crippen molar-refractivity contribution in [1.82, 2.24) is 5.32 Å². The van der Waals surface area contributed by atoms with Crippen molar-refractivity contribution in [3.8, 4) is 5.75 Å². The summed E-state index contributed by atoms with van der Waals surface area (Å²) < 4.78 is 20.9. The summed E-state index contributed by atoms with van der Waals surface area (Å²) in [4.78, 5) is 0. The van der Waals surface area contributed by atoms with E-state index in [4.69, 9.17) is 4.74 Å². The largest absolute Gasteiger partial charge is 0.496 e. The molecule has 0 saturated heterocycles. The molecule has 0 amide bonds. The van der Waals surface area contributed by atoms with Crippen LogP contribution < -0.4 is 10.1 Å². The molecular formula is C16H16Br2FNO. The fraction of sp³-hybridized carbons (Fsp3) is 0.250. The highest BCUT2D eigenvalue weighted by Crippen LogP contribution is 2.30. The fourth-order valence-corrected chi connectivity index (χ4v) is 3.17. The first-order chi connectivity index (χ1) is 10.0. The van der Waals surface area contributed by atoms with Crippen LogP contribution in [0.3, 0.4) is 0 Å². The number of benzene rings is 2. The van der Waals surface area contributed by atoms with Gasteiger partial charge in [0.15, 0.2) is 0 Å². The van der Waals surface area contributed by atoms with Crippen molar-refractivity contribution in [2.45, 2.75) is 12.5 Å². The second-order valence-electron chi connectivity index (χ2n) is 4.68. The molecule has 0 aliphatic rings. The smallest absolute Gasteiger partial charge is 0.133 e. The lowest BCUT2D eigenvalue weighted by Gasteiger charge is -2.18. The molecule has 1 unspecified atom stereocenters. The zero-order chi connectivity index (χ0) is 15.4. The molecule has 0 fully saturated rings. The van der Waals surface area contributed by atoms with E-state index in [2.05, 4.69) is 37.2 Å². The predicted octanol–water partition coefficient (Wildman–Crippen LogP) is 4.86. The molecule has 0 spiro atoms. The van der Waals surface area contributed by atoms with Gasteiger partial charge in [-0.3, -0.25) is 0 Å². The Morgan fingerprint density at radius 2 is 1.95 bits per heavy atom. The molecule has 1 atom stereocenters. The molecular weight excluding hydrogens is 401 g/mol. The van der Waals surface area contributed by atoms with E-state index in [9.17, 15) is 4.39 Å². The van der Waals surface area contributed by atoms with Crippen LogP contribution in [0.15, 0.2) is 45.3 Å². The second kappa shape index (κ2) is 7.38. The van der Waals surface area contributed by atoms with Gasteiger partial charge >= 0.3 is 0 Å². The summed E-state index contributed by atoms with van der Waals surface area (Å²) in [5.74, 6) is 0.591. The van der Waals surface area contributed by atoms with Crippen molar-refractivity contribution in [3.05, 3.63) is 62.3 Å². The number of nitrogens with one attached hydrogen (secondary N) is 1. The predicted molar refractivity (Wildman–Crippen MR) is 90.3 cm³/mol. The first-order valence-electron chi connectivity index (χ1n) is 6.49. The summed E-state index contributed by atoms with van der Waals surface area (Å²) in [6.07, 6.45) is 0.570. The molecule has 2 rings (SSSR count). The van der Waals surface area contributed by atoms with Gasteiger partial charge in [0, 0.05) is 10.5 Å². The minimum Gasteiger partial charge on any atom is -0.496 e. The fourth-order valence-electron chi connectivity index (χ4n) is 2.21. The molecule has 5 heteroatoms. The van der Waals surface area contributed by atoms with Crippen LogP contribution in [0.5, 0.6) is 5.75 Å². The summed E-state index contributed by atoms with van der Waals surface area (Å²) in [7, 11) is 3.50. The van der Waals surface area contributed by atoms with Gasteiger partial charge in [-0.05, 0) is 70.9 Å². The third kappa shape index (κ3) is 4.05. The van der Waals surface area contributed by atoms with Crippen LogP contribution in [0.25, 0.3) is 0 Å². The van der Waals surface area contributed by atoms with Crippen LogP contribution in [0.1, 0.15) is 17.2 Å². The number of likely N-dealkylation sites (N-methyl/N-ethyl adjacent to an activating group) is 1. The van der Waals surface area contributed by atoms with E-state index < -0.39 is 0 Å². The Morgan fingerprint density at radius 3 is 2.57 bits per heavy atom. The normalized spacial score (nSPS) is 12.2. The van der Waals surface area contributed by atoms with Crippen molar-refractivity contribution in [1.29, 1.82) is 0 Å². The van der Waals surface area contributed by atoms with Crippen molar-refractivity contribution in [2.75, 3.05) is 14.2 Å². The van der Waals surface area contributed by atoms with Crippen molar-refractivity contribution in [2.24, 2.45) is 0 Å². The van der Waals surface area contributed by atoms with Crippen LogP contribution in [-0.4, -0.2) is 14.2 Å². The lowest BCUT2D eigenvalue weighted by Crippen LogP contribution is -2.19. The van der Waals surface area contributed by atoms with E-state index in [-0.39, 0.29) is 11.9 Å². The van der Waals surface area contributed by atoms with E-state index in [1.165, 1.54) is 6.07 Å². The molecule has 2 aromatic carbocycles. The van der Waals surface area contributed by atoms with Gasteiger partial charge in [0.05, 0.1) is 11.6 Å². The molecule has 2 aromatic rings. The molecule has 0 saturated carbocycles. The summed E-state index contributed by atoms with van der Waals surface area (Å²) in [5.41, 5.74) is 1.75. The van der Waals surface area contributed by atoms with E-state index in [1.807, 2.05) is 31.3 Å². The Labute approximate surface area is 141 Å². The van der Waals surface area contributed by atoms with Gasteiger partial charge in [0.2, 0.25) is 0 Å². The summed E-state index contributed by atoms with van der Waals surface area (Å²) in [6.45, 7) is 0. The Morgan fingerprint density at radius 1 is 1.19 bits per heavy atom. The van der Waals surface area contributed by atoms with Gasteiger partial charge < -0.3 is 10.1 Å². The lowest BCUT2D eigenvalue weighted by molar-refractivity contribution is 0.411. The van der Waals surface area contributed by atoms with Gasteiger partial charge in [0.25, 0.3) is 0 Å². The second-order valence-corrected chi connectivity index (χ2v) is 6.45. The topological polar surface area (TPSA) is 21.3 Å². The number of halogens is 3. The van der Waals surface area contributed by atoms with Crippen LogP contribution in [-0.2, 0) is 6.42 Å². The molecule has 112 valence electrons. The van der Waals surface area contributed by atoms with Gasteiger partial charge in [-0.15, -0.1) is 0 Å². The standard InChI is InChI=1S/C16H16Br2FNO/c1-20-15(9-11-7-12(17)4-5-14(11)19)10-3-6-16(21-2)13(18)8-10/h3-8,15,20H,9H2,1-2H3. The molecule has 0 aliphatic carbocycles. The number of ether oxygens (including phenoxy) is 1. The Kier molecular flexibility index (Phi) is 5.79. The molecule has 21 heavy (non-hydrogen) atoms. The van der Waals surface area contributed by atoms with Crippen molar-refractivity contribution < 1.29 is 9.13 Å². The zero-order valence-corrected chi connectivity index (χ0v) is 15.0. The maximum atomic E-state index is 13.9. The number of hydrogen-bond donors (Lipinski definition) is 1. The molecule has 0 aromatic heterocycles. The third-order valence-corrected chi connectivity index (χ3v) is 4.47. The van der Waals surface area contributed by atoms with Gasteiger partial charge in [-0.2, -0.15) is 0 Å². The number of rotatable bonds is 5. The lowest BCUT2D eigenvalue weighted by atomic mass is 9.98. The molecule has 1 N–H and O–H groups in total. The highest BCUT2D eigenvalue weighted by molar-refractivity contribution is 9.10. The minimum atomic E-state index is -0.189. The Hall–Kier alpha value is -0.910.